The van der Waals surface area contributed by atoms with Gasteiger partial charge in [0.1, 0.15) is 317 Å². The van der Waals surface area contributed by atoms with Crippen LogP contribution in [0.5, 0.6) is 0 Å². The lowest BCUT2D eigenvalue weighted by Crippen LogP contribution is -2.69. The molecule has 0 spiro atoms. The number of rotatable bonds is 37. The summed E-state index contributed by atoms with van der Waals surface area (Å²) in [6, 6.07) is 0. The third kappa shape index (κ3) is 24.3. The number of hydrogen-bond acceptors (Lipinski definition) is 66. The fourth-order valence-corrected chi connectivity index (χ4v) is 18.9. The Labute approximate surface area is 810 Å². The second-order valence-electron chi connectivity index (χ2n) is 36.4. The fraction of sp³-hybridized carbons (Fsp3) is 1.00. The molecule has 0 aliphatic carbocycles. The molecule has 66 heteroatoms. The third-order valence-electron chi connectivity index (χ3n) is 27.2. The topological polar surface area (TPSA) is 1060 Å². The summed E-state index contributed by atoms with van der Waals surface area (Å²) in [7, 11) is 0. The van der Waals surface area contributed by atoms with Crippen molar-refractivity contribution in [3.05, 3.63) is 0 Å². The molecule has 144 heavy (non-hydrogen) atoms. The van der Waals surface area contributed by atoms with E-state index in [9.17, 15) is 209 Å². The first-order valence-corrected chi connectivity index (χ1v) is 45.8. The van der Waals surface area contributed by atoms with E-state index < -0.39 is 485 Å². The zero-order chi connectivity index (χ0) is 105. The first-order chi connectivity index (χ1) is 68.4. The number of hydrogen-bond donors (Lipinski definition) is 41. The zero-order valence-electron chi connectivity index (χ0n) is 75.3. The van der Waals surface area contributed by atoms with Gasteiger partial charge in [-0.1, -0.05) is 0 Å². The van der Waals surface area contributed by atoms with Crippen molar-refractivity contribution in [1.29, 1.82) is 0 Å². The van der Waals surface area contributed by atoms with Crippen LogP contribution >= 0.6 is 0 Å². The van der Waals surface area contributed by atoms with Crippen molar-refractivity contribution in [2.24, 2.45) is 0 Å². The summed E-state index contributed by atoms with van der Waals surface area (Å²) in [5.74, 6) is 0. The largest absolute Gasteiger partial charge is 0.394 e. The van der Waals surface area contributed by atoms with Gasteiger partial charge in [-0.2, -0.15) is 0 Å². The third-order valence-corrected chi connectivity index (χ3v) is 27.2. The summed E-state index contributed by atoms with van der Waals surface area (Å²) in [4.78, 5) is 0. The van der Waals surface area contributed by atoms with Gasteiger partial charge in [-0.25, -0.2) is 0 Å². The van der Waals surface area contributed by atoms with Crippen molar-refractivity contribution in [3.63, 3.8) is 0 Å². The van der Waals surface area contributed by atoms with E-state index in [0.29, 0.717) is 0 Å². The highest BCUT2D eigenvalue weighted by Gasteiger charge is 2.64. The van der Waals surface area contributed by atoms with Crippen LogP contribution < -0.4 is 0 Å². The molecule has 13 fully saturated rings. The van der Waals surface area contributed by atoms with Gasteiger partial charge in [-0.15, -0.1) is 0 Å². The van der Waals surface area contributed by atoms with Gasteiger partial charge >= 0.3 is 0 Å². The summed E-state index contributed by atoms with van der Waals surface area (Å²) in [5, 5.41) is 448. The molecule has 840 valence electrons. The Morgan fingerprint density at radius 3 is 0.319 bits per heavy atom. The Hall–Kier alpha value is -2.64. The molecule has 66 nitrogen and oxygen atoms in total. The van der Waals surface area contributed by atoms with Crippen molar-refractivity contribution in [3.8, 4) is 0 Å². The Morgan fingerprint density at radius 2 is 0.201 bits per heavy atom. The van der Waals surface area contributed by atoms with Gasteiger partial charge in [0, 0.05) is 0 Å². The first kappa shape index (κ1) is 118. The summed E-state index contributed by atoms with van der Waals surface area (Å²) < 4.78 is 141. The second-order valence-corrected chi connectivity index (χ2v) is 36.4. The maximum absolute atomic E-state index is 11.6. The minimum absolute atomic E-state index is 0.883. The molecule has 0 aromatic rings. The van der Waals surface area contributed by atoms with Crippen molar-refractivity contribution < 1.29 is 328 Å². The van der Waals surface area contributed by atoms with Crippen LogP contribution in [-0.4, -0.2) is 694 Å². The highest BCUT2D eigenvalue weighted by atomic mass is 16.8. The quantitative estimate of drug-likeness (QED) is 0.0275. The summed E-state index contributed by atoms with van der Waals surface area (Å²) in [6.45, 7) is -14.3. The van der Waals surface area contributed by atoms with Gasteiger partial charge < -0.3 is 328 Å². The average molecular weight is 2130 g/mol. The van der Waals surface area contributed by atoms with Crippen LogP contribution in [0.4, 0.5) is 0 Å². The molecule has 0 bridgehead atoms. The van der Waals surface area contributed by atoms with Crippen LogP contribution in [0.3, 0.4) is 0 Å². The molecule has 0 aromatic carbocycles. The van der Waals surface area contributed by atoms with E-state index >= 15 is 0 Å². The molecule has 65 unspecified atom stereocenters. The smallest absolute Gasteiger partial charge is 0.187 e. The SMILES string of the molecule is OCC1OC(OC2C(CO)OC(OC3C(CO)OC(OC4C(CO)OC(OC5C(CO)OC(OC6C(CO)OC(OC7C(CO)OC(OC8C(CO)OC(OC9C(CO)OC(OC%10C(CO)OC(OC%11C(CO)OC(OC%12C(CO)OC(OC%13C(CO)OC(O)C(O)C%13O)C(O)C%12O)C(O)C%11O)C(O)C%10O)C(O)C9O)C(O)C8O)C(O)C7O)C(O)C6O)C(O)C5O)C(O)C4O)C(O)C3O)C(O)C2O)C(O)C(O)C1O. The maximum atomic E-state index is 11.6. The minimum atomic E-state index is -2.38. The number of aliphatic hydroxyl groups is 41. The highest BCUT2D eigenvalue weighted by molar-refractivity contribution is 5.06. The van der Waals surface area contributed by atoms with Gasteiger partial charge in [0.05, 0.1) is 85.9 Å². The van der Waals surface area contributed by atoms with E-state index in [1.54, 1.807) is 0 Å². The molecular weight excluding hydrogens is 1990 g/mol. The summed E-state index contributed by atoms with van der Waals surface area (Å²) >= 11 is 0. The van der Waals surface area contributed by atoms with Gasteiger partial charge in [-0.3, -0.25) is 0 Å². The molecule has 0 radical (unpaired) electrons. The normalized spacial score (nSPS) is 53.9. The Kier molecular flexibility index (Phi) is 42.2. The molecule has 0 amide bonds. The predicted octanol–water partition coefficient (Wildman–Crippen LogP) is -29.3. The minimum Gasteiger partial charge on any atom is -0.394 e. The molecule has 65 atom stereocenters. The summed E-state index contributed by atoms with van der Waals surface area (Å²) in [5.41, 5.74) is 0. The van der Waals surface area contributed by atoms with Crippen LogP contribution in [0.2, 0.25) is 0 Å². The molecule has 13 heterocycles. The fourth-order valence-electron chi connectivity index (χ4n) is 18.9. The van der Waals surface area contributed by atoms with E-state index in [1.807, 2.05) is 0 Å². The molecule has 0 aromatic heterocycles. The second kappa shape index (κ2) is 51.4. The van der Waals surface area contributed by atoms with Crippen LogP contribution in [-0.2, 0) is 118 Å². The van der Waals surface area contributed by atoms with Crippen LogP contribution in [0.25, 0.3) is 0 Å². The lowest BCUT2D eigenvalue weighted by Gasteiger charge is -2.50. The molecule has 41 N–H and O–H groups in total. The van der Waals surface area contributed by atoms with Gasteiger partial charge in [0.2, 0.25) is 0 Å². The average Bonchev–Trinajstić information content (AvgIpc) is 0.764. The molecule has 13 aliphatic rings. The molecule has 0 saturated carbocycles. The van der Waals surface area contributed by atoms with Crippen LogP contribution in [0.15, 0.2) is 0 Å². The molecule has 13 saturated heterocycles. The van der Waals surface area contributed by atoms with Crippen LogP contribution in [0, 0.1) is 0 Å². The van der Waals surface area contributed by atoms with Crippen molar-refractivity contribution in [1.82, 2.24) is 0 Å². The Morgan fingerprint density at radius 1 is 0.104 bits per heavy atom. The highest BCUT2D eigenvalue weighted by Crippen LogP contribution is 2.44. The van der Waals surface area contributed by atoms with E-state index in [-0.39, 0.29) is 0 Å². The maximum Gasteiger partial charge on any atom is 0.187 e. The standard InChI is InChI=1S/C78H132O66/c79-1-14-27(92)28(93)42(107)67(121-14)134-55-16(3-81)123-69(44(109)30(55)95)136-57-18(5-83)125-71(46(111)32(57)97)138-59-20(7-85)127-73(48(113)34(59)99)140-61-22(9-87)129-75(50(115)36(61)101)142-63-24(11-89)131-77(52(117)38(63)103)144-65-26(13-91)132-78(53(118)40(65)105)143-64-25(12-90)130-76(51(116)39(64)104)141-62-23(10-88)128-74(49(114)37(62)102)139-60-21(8-86)126-72(47(112)35(60)100)137-58-19(6-84)124-70(45(110)33(58)98)135-56-17(4-82)122-68(43(108)31(56)96)133-54-15(2-80)120-66(119)41(106)29(54)94/h14-119H,1-13H2. The predicted molar refractivity (Wildman–Crippen MR) is 428 cm³/mol. The Balaban J connectivity index is 0.561. The van der Waals surface area contributed by atoms with Crippen molar-refractivity contribution >= 4 is 0 Å². The van der Waals surface area contributed by atoms with Gasteiger partial charge in [-0.05, 0) is 0 Å². The zero-order valence-corrected chi connectivity index (χ0v) is 75.3. The summed E-state index contributed by atoms with van der Waals surface area (Å²) in [6.07, 6.45) is -135. The van der Waals surface area contributed by atoms with Gasteiger partial charge in [0.25, 0.3) is 0 Å². The van der Waals surface area contributed by atoms with E-state index in [0.717, 1.165) is 0 Å². The lowest BCUT2D eigenvalue weighted by atomic mass is 9.95. The van der Waals surface area contributed by atoms with E-state index in [1.165, 1.54) is 0 Å². The first-order valence-electron chi connectivity index (χ1n) is 45.8. The molecular formula is C78H132O66. The number of ether oxygens (including phenoxy) is 25. The van der Waals surface area contributed by atoms with Crippen molar-refractivity contribution in [2.45, 2.75) is 399 Å². The van der Waals surface area contributed by atoms with E-state index in [4.69, 9.17) is 118 Å². The van der Waals surface area contributed by atoms with Crippen molar-refractivity contribution in [2.75, 3.05) is 85.9 Å². The van der Waals surface area contributed by atoms with Gasteiger partial charge in [0.15, 0.2) is 81.8 Å². The Bertz CT molecular complexity index is 3620. The lowest BCUT2D eigenvalue weighted by molar-refractivity contribution is -0.402. The monoisotopic (exact) mass is 2120 g/mol. The molecule has 13 rings (SSSR count). The van der Waals surface area contributed by atoms with Crippen LogP contribution in [0.1, 0.15) is 0 Å². The van der Waals surface area contributed by atoms with E-state index in [2.05, 4.69) is 0 Å². The molecule has 13 aliphatic heterocycles. The number of aliphatic hydroxyl groups excluding tert-OH is 41.